The van der Waals surface area contributed by atoms with Crippen molar-refractivity contribution in [3.05, 3.63) is 6.07 Å². The summed E-state index contributed by atoms with van der Waals surface area (Å²) in [4.78, 5) is 1.91. The fourth-order valence-electron chi connectivity index (χ4n) is 1.07. The van der Waals surface area contributed by atoms with E-state index >= 15 is 0 Å². The first-order chi connectivity index (χ1) is 5.59. The highest BCUT2D eigenvalue weighted by atomic mass is 16.5. The van der Waals surface area contributed by atoms with Crippen molar-refractivity contribution in [1.82, 2.24) is 5.16 Å². The van der Waals surface area contributed by atoms with Crippen LogP contribution < -0.4 is 4.90 Å². The van der Waals surface area contributed by atoms with Gasteiger partial charge >= 0.3 is 0 Å². The number of aromatic nitrogens is 1. The number of nitrogens with zero attached hydrogens (tertiary/aromatic N) is 2. The zero-order valence-corrected chi connectivity index (χ0v) is 7.61. The smallest absolute Gasteiger partial charge is 0.253 e. The molecule has 0 aliphatic heterocycles. The number of anilines is 1. The number of hydrogen-bond acceptors (Lipinski definition) is 4. The van der Waals surface area contributed by atoms with E-state index in [1.165, 1.54) is 6.07 Å². The predicted molar refractivity (Wildman–Crippen MR) is 46.3 cm³/mol. The van der Waals surface area contributed by atoms with Gasteiger partial charge in [-0.1, -0.05) is 13.8 Å². The van der Waals surface area contributed by atoms with Crippen LogP contribution in [0.3, 0.4) is 0 Å². The van der Waals surface area contributed by atoms with Crippen molar-refractivity contribution in [3.63, 3.8) is 0 Å². The molecule has 1 heterocycles. The van der Waals surface area contributed by atoms with Crippen LogP contribution in [0.5, 0.6) is 5.88 Å². The molecule has 4 heteroatoms. The zero-order chi connectivity index (χ0) is 9.14. The lowest BCUT2D eigenvalue weighted by atomic mass is 10.2. The molecule has 1 N–H and O–H groups in total. The van der Waals surface area contributed by atoms with Gasteiger partial charge in [-0.25, -0.2) is 0 Å². The molecule has 1 rings (SSSR count). The Hall–Kier alpha value is -1.19. The molecule has 0 fully saturated rings. The van der Waals surface area contributed by atoms with E-state index in [4.69, 9.17) is 9.63 Å². The normalized spacial score (nSPS) is 10.7. The van der Waals surface area contributed by atoms with E-state index in [9.17, 15) is 0 Å². The van der Waals surface area contributed by atoms with Crippen molar-refractivity contribution < 1.29 is 9.63 Å². The summed E-state index contributed by atoms with van der Waals surface area (Å²) < 4.78 is 4.85. The van der Waals surface area contributed by atoms with Crippen LogP contribution in [0.25, 0.3) is 0 Å². The lowest BCUT2D eigenvalue weighted by Crippen LogP contribution is -2.21. The third-order valence-corrected chi connectivity index (χ3v) is 1.50. The van der Waals surface area contributed by atoms with E-state index < -0.39 is 0 Å². The second-order valence-corrected chi connectivity index (χ2v) is 3.30. The zero-order valence-electron chi connectivity index (χ0n) is 7.61. The molecular formula is C8H14N2O2. The van der Waals surface area contributed by atoms with E-state index in [-0.39, 0.29) is 5.88 Å². The Bertz CT molecular complexity index is 245. The van der Waals surface area contributed by atoms with Crippen LogP contribution in [0.2, 0.25) is 0 Å². The third-order valence-electron chi connectivity index (χ3n) is 1.50. The molecule has 0 unspecified atom stereocenters. The van der Waals surface area contributed by atoms with Gasteiger partial charge in [0.1, 0.15) is 0 Å². The van der Waals surface area contributed by atoms with Gasteiger partial charge in [-0.05, 0) is 11.1 Å². The number of rotatable bonds is 3. The van der Waals surface area contributed by atoms with Gasteiger partial charge in [0.15, 0.2) is 0 Å². The Labute approximate surface area is 71.8 Å². The van der Waals surface area contributed by atoms with E-state index in [1.807, 2.05) is 11.9 Å². The molecule has 1 aromatic rings. The molecule has 4 nitrogen and oxygen atoms in total. The number of aromatic hydroxyl groups is 1. The van der Waals surface area contributed by atoms with Crippen molar-refractivity contribution in [1.29, 1.82) is 0 Å². The Morgan fingerprint density at radius 1 is 1.67 bits per heavy atom. The second-order valence-electron chi connectivity index (χ2n) is 3.30. The summed E-state index contributed by atoms with van der Waals surface area (Å²) in [7, 11) is 1.90. The maximum Gasteiger partial charge on any atom is 0.253 e. The Morgan fingerprint density at radius 3 is 2.75 bits per heavy atom. The van der Waals surface area contributed by atoms with Crippen LogP contribution in [-0.4, -0.2) is 23.9 Å². The van der Waals surface area contributed by atoms with Crippen molar-refractivity contribution in [3.8, 4) is 5.88 Å². The molecule has 0 amide bonds. The highest BCUT2D eigenvalue weighted by molar-refractivity contribution is 5.36. The van der Waals surface area contributed by atoms with E-state index in [0.29, 0.717) is 11.8 Å². The van der Waals surface area contributed by atoms with Gasteiger partial charge < -0.3 is 14.5 Å². The molecule has 0 saturated carbocycles. The molecule has 0 aliphatic carbocycles. The monoisotopic (exact) mass is 170 g/mol. The summed E-state index contributed by atoms with van der Waals surface area (Å²) in [6.07, 6.45) is 0. The van der Waals surface area contributed by atoms with Gasteiger partial charge in [-0.15, -0.1) is 0 Å². The van der Waals surface area contributed by atoms with Crippen LogP contribution in [0.1, 0.15) is 13.8 Å². The van der Waals surface area contributed by atoms with Crippen LogP contribution in [-0.2, 0) is 0 Å². The molecule has 68 valence electrons. The van der Waals surface area contributed by atoms with Crippen LogP contribution in [0.4, 0.5) is 5.88 Å². The fourth-order valence-corrected chi connectivity index (χ4v) is 1.07. The van der Waals surface area contributed by atoms with Crippen molar-refractivity contribution in [2.24, 2.45) is 5.92 Å². The Kier molecular flexibility index (Phi) is 2.58. The van der Waals surface area contributed by atoms with Crippen LogP contribution >= 0.6 is 0 Å². The van der Waals surface area contributed by atoms with Gasteiger partial charge in [-0.2, -0.15) is 0 Å². The SMILES string of the molecule is CC(C)CN(C)c1cc(O)no1. The van der Waals surface area contributed by atoms with Gasteiger partial charge in [0.2, 0.25) is 5.88 Å². The van der Waals surface area contributed by atoms with Gasteiger partial charge in [0.05, 0.1) is 6.07 Å². The minimum Gasteiger partial charge on any atom is -0.491 e. The summed E-state index contributed by atoms with van der Waals surface area (Å²) >= 11 is 0. The molecule has 1 aromatic heterocycles. The molecule has 0 bridgehead atoms. The predicted octanol–water partition coefficient (Wildman–Crippen LogP) is 1.47. The lowest BCUT2D eigenvalue weighted by molar-refractivity contribution is 0.359. The molecule has 0 atom stereocenters. The molecule has 0 aromatic carbocycles. The Morgan fingerprint density at radius 2 is 2.33 bits per heavy atom. The highest BCUT2D eigenvalue weighted by Crippen LogP contribution is 2.18. The first-order valence-corrected chi connectivity index (χ1v) is 3.96. The van der Waals surface area contributed by atoms with Crippen LogP contribution in [0.15, 0.2) is 10.6 Å². The summed E-state index contributed by atoms with van der Waals surface area (Å²) in [5, 5.41) is 12.3. The quantitative estimate of drug-likeness (QED) is 0.746. The van der Waals surface area contributed by atoms with E-state index in [1.54, 1.807) is 0 Å². The topological polar surface area (TPSA) is 49.5 Å². The summed E-state index contributed by atoms with van der Waals surface area (Å²) in [6, 6.07) is 1.50. The summed E-state index contributed by atoms with van der Waals surface area (Å²) in [5.41, 5.74) is 0. The largest absolute Gasteiger partial charge is 0.491 e. The molecule has 12 heavy (non-hydrogen) atoms. The molecule has 0 saturated heterocycles. The average molecular weight is 170 g/mol. The lowest BCUT2D eigenvalue weighted by Gasteiger charge is -2.16. The maximum atomic E-state index is 8.90. The maximum absolute atomic E-state index is 8.90. The number of hydrogen-bond donors (Lipinski definition) is 1. The summed E-state index contributed by atoms with van der Waals surface area (Å²) in [6.45, 7) is 5.12. The van der Waals surface area contributed by atoms with Crippen molar-refractivity contribution in [2.75, 3.05) is 18.5 Å². The minimum atomic E-state index is -0.0689. The van der Waals surface area contributed by atoms with Gasteiger partial charge in [0.25, 0.3) is 5.88 Å². The second kappa shape index (κ2) is 3.47. The molecular weight excluding hydrogens is 156 g/mol. The molecule has 0 radical (unpaired) electrons. The van der Waals surface area contributed by atoms with Gasteiger partial charge in [0, 0.05) is 13.6 Å². The van der Waals surface area contributed by atoms with Crippen molar-refractivity contribution in [2.45, 2.75) is 13.8 Å². The highest BCUT2D eigenvalue weighted by Gasteiger charge is 2.08. The van der Waals surface area contributed by atoms with Crippen molar-refractivity contribution >= 4 is 5.88 Å². The van der Waals surface area contributed by atoms with Crippen LogP contribution in [0, 0.1) is 5.92 Å². The first-order valence-electron chi connectivity index (χ1n) is 3.96. The van der Waals surface area contributed by atoms with Gasteiger partial charge in [-0.3, -0.25) is 0 Å². The van der Waals surface area contributed by atoms with E-state index in [2.05, 4.69) is 19.0 Å². The Balaban J connectivity index is 2.58. The standard InChI is InChI=1S/C8H14N2O2/c1-6(2)5-10(3)8-4-7(11)9-12-8/h4,6H,5H2,1-3H3,(H,9,11). The van der Waals surface area contributed by atoms with E-state index in [0.717, 1.165) is 6.54 Å². The first kappa shape index (κ1) is 8.90. The fraction of sp³-hybridized carbons (Fsp3) is 0.625. The average Bonchev–Trinajstić information content (AvgIpc) is 2.34. The molecule has 0 aliphatic rings. The third kappa shape index (κ3) is 2.15. The summed E-state index contributed by atoms with van der Waals surface area (Å²) in [5.74, 6) is 1.09. The molecule has 0 spiro atoms. The minimum absolute atomic E-state index is 0.0689.